The maximum Gasteiger partial charge on any atom is 0.166 e. The molecule has 2 aromatic rings. The first-order chi connectivity index (χ1) is 9.59. The molecule has 0 saturated carbocycles. The van der Waals surface area contributed by atoms with Crippen molar-refractivity contribution in [3.63, 3.8) is 0 Å². The third kappa shape index (κ3) is 3.77. The Morgan fingerprint density at radius 1 is 0.650 bits per heavy atom. The molecular formula is C14H12F4P2. The van der Waals surface area contributed by atoms with Crippen molar-refractivity contribution in [2.45, 2.75) is 0 Å². The molecule has 0 saturated heterocycles. The summed E-state index contributed by atoms with van der Waals surface area (Å²) >= 11 is 0. The minimum Gasteiger partial charge on any atom is -0.204 e. The van der Waals surface area contributed by atoms with Gasteiger partial charge in [-0.3, -0.25) is 0 Å². The highest BCUT2D eigenvalue weighted by Gasteiger charge is 2.09. The maximum absolute atomic E-state index is 13.4. The largest absolute Gasteiger partial charge is 0.204 e. The average Bonchev–Trinajstić information content (AvgIpc) is 2.43. The third-order valence-electron chi connectivity index (χ3n) is 2.66. The lowest BCUT2D eigenvalue weighted by Crippen LogP contribution is -2.07. The summed E-state index contributed by atoms with van der Waals surface area (Å²) < 4.78 is 52.8. The van der Waals surface area contributed by atoms with E-state index < -0.39 is 23.3 Å². The lowest BCUT2D eigenvalue weighted by molar-refractivity contribution is 0.514. The molecule has 2 atom stereocenters. The first-order valence-electron chi connectivity index (χ1n) is 5.95. The standard InChI is InChI=1S/C14H12F4P2/c15-9-3-1-5-11(13(9)17)19-7-8-20-12-6-2-4-10(16)14(12)18/h1-6,19-20H,7-8H2. The summed E-state index contributed by atoms with van der Waals surface area (Å²) in [7, 11) is 0.242. The van der Waals surface area contributed by atoms with E-state index in [4.69, 9.17) is 0 Å². The van der Waals surface area contributed by atoms with Gasteiger partial charge in [-0.2, -0.15) is 0 Å². The molecule has 0 spiro atoms. The summed E-state index contributed by atoms with van der Waals surface area (Å²) in [6, 6.07) is 8.18. The number of hydrogen-bond acceptors (Lipinski definition) is 0. The lowest BCUT2D eigenvalue weighted by atomic mass is 10.3. The van der Waals surface area contributed by atoms with Gasteiger partial charge in [0.25, 0.3) is 0 Å². The molecule has 0 N–H and O–H groups in total. The monoisotopic (exact) mass is 318 g/mol. The SMILES string of the molecule is Fc1cccc(PCCPc2cccc(F)c2F)c1F. The summed E-state index contributed by atoms with van der Waals surface area (Å²) in [5.41, 5.74) is 0. The highest BCUT2D eigenvalue weighted by molar-refractivity contribution is 7.51. The van der Waals surface area contributed by atoms with Crippen molar-refractivity contribution in [1.82, 2.24) is 0 Å². The fourth-order valence-corrected chi connectivity index (χ4v) is 4.19. The number of halogens is 4. The van der Waals surface area contributed by atoms with Gasteiger partial charge >= 0.3 is 0 Å². The molecule has 0 aliphatic heterocycles. The highest BCUT2D eigenvalue weighted by atomic mass is 31.1. The van der Waals surface area contributed by atoms with Crippen LogP contribution in [0.1, 0.15) is 0 Å². The van der Waals surface area contributed by atoms with Crippen LogP contribution in [0, 0.1) is 23.3 Å². The molecule has 0 fully saturated rings. The van der Waals surface area contributed by atoms with E-state index in [0.717, 1.165) is 12.1 Å². The molecule has 0 aliphatic rings. The van der Waals surface area contributed by atoms with Gasteiger partial charge in [0.05, 0.1) is 0 Å². The van der Waals surface area contributed by atoms with Gasteiger partial charge in [0.2, 0.25) is 0 Å². The molecule has 20 heavy (non-hydrogen) atoms. The molecule has 0 amide bonds. The summed E-state index contributed by atoms with van der Waals surface area (Å²) in [5.74, 6) is -3.33. The topological polar surface area (TPSA) is 0 Å². The van der Waals surface area contributed by atoms with Crippen LogP contribution in [-0.4, -0.2) is 12.3 Å². The zero-order chi connectivity index (χ0) is 14.5. The summed E-state index contributed by atoms with van der Waals surface area (Å²) in [6.07, 6.45) is 1.24. The van der Waals surface area contributed by atoms with Crippen molar-refractivity contribution in [1.29, 1.82) is 0 Å². The summed E-state index contributed by atoms with van der Waals surface area (Å²) in [5, 5.41) is 0.684. The molecule has 0 bridgehead atoms. The first kappa shape index (κ1) is 15.4. The molecule has 2 aromatic carbocycles. The van der Waals surface area contributed by atoms with Gasteiger partial charge in [-0.05, 0) is 24.5 Å². The predicted molar refractivity (Wildman–Crippen MR) is 78.3 cm³/mol. The third-order valence-corrected chi connectivity index (χ3v) is 5.69. The minimum absolute atomic E-state index is 0.121. The van der Waals surface area contributed by atoms with Gasteiger partial charge in [-0.25, -0.2) is 17.6 Å². The van der Waals surface area contributed by atoms with Crippen molar-refractivity contribution in [2.24, 2.45) is 0 Å². The van der Waals surface area contributed by atoms with Crippen LogP contribution >= 0.6 is 17.2 Å². The van der Waals surface area contributed by atoms with Gasteiger partial charge in [-0.1, -0.05) is 41.4 Å². The molecule has 0 nitrogen and oxygen atoms in total. The zero-order valence-corrected chi connectivity index (χ0v) is 12.4. The Morgan fingerprint density at radius 3 is 1.45 bits per heavy atom. The van der Waals surface area contributed by atoms with E-state index in [0.29, 0.717) is 22.9 Å². The Labute approximate surface area is 118 Å². The van der Waals surface area contributed by atoms with E-state index in [1.165, 1.54) is 12.1 Å². The number of hydrogen-bond donors (Lipinski definition) is 0. The van der Waals surface area contributed by atoms with E-state index in [2.05, 4.69) is 0 Å². The second-order valence-electron chi connectivity index (χ2n) is 4.06. The van der Waals surface area contributed by atoms with Crippen LogP contribution in [0.5, 0.6) is 0 Å². The van der Waals surface area contributed by atoms with Gasteiger partial charge in [0.15, 0.2) is 23.3 Å². The molecule has 2 unspecified atom stereocenters. The van der Waals surface area contributed by atoms with Gasteiger partial charge in [-0.15, -0.1) is 0 Å². The Morgan fingerprint density at radius 2 is 1.05 bits per heavy atom. The van der Waals surface area contributed by atoms with Crippen LogP contribution in [0.2, 0.25) is 0 Å². The van der Waals surface area contributed by atoms with Gasteiger partial charge in [0, 0.05) is 10.6 Å². The molecule has 6 heteroatoms. The van der Waals surface area contributed by atoms with Crippen molar-refractivity contribution < 1.29 is 17.6 Å². The second kappa shape index (κ2) is 7.15. The fourth-order valence-electron chi connectivity index (χ4n) is 1.67. The van der Waals surface area contributed by atoms with Crippen LogP contribution < -0.4 is 10.6 Å². The fraction of sp³-hybridized carbons (Fsp3) is 0.143. The molecule has 0 aliphatic carbocycles. The predicted octanol–water partition coefficient (Wildman–Crippen LogP) is 3.55. The van der Waals surface area contributed by atoms with Crippen molar-refractivity contribution >= 4 is 27.8 Å². The molecular weight excluding hydrogens is 306 g/mol. The van der Waals surface area contributed by atoms with Crippen LogP contribution in [0.4, 0.5) is 17.6 Å². The van der Waals surface area contributed by atoms with E-state index in [1.54, 1.807) is 12.1 Å². The van der Waals surface area contributed by atoms with Crippen LogP contribution in [0.3, 0.4) is 0 Å². The first-order valence-corrected chi connectivity index (χ1v) is 8.37. The summed E-state index contributed by atoms with van der Waals surface area (Å²) in [6.45, 7) is 0. The number of rotatable bonds is 5. The van der Waals surface area contributed by atoms with E-state index in [1.807, 2.05) is 0 Å². The lowest BCUT2D eigenvalue weighted by Gasteiger charge is -2.06. The Bertz CT molecular complexity index is 548. The summed E-state index contributed by atoms with van der Waals surface area (Å²) in [4.78, 5) is 0. The minimum atomic E-state index is -0.853. The zero-order valence-electron chi connectivity index (χ0n) is 10.4. The van der Waals surface area contributed by atoms with Crippen LogP contribution in [-0.2, 0) is 0 Å². The van der Waals surface area contributed by atoms with E-state index in [9.17, 15) is 17.6 Å². The molecule has 0 radical (unpaired) electrons. The number of benzene rings is 2. The smallest absolute Gasteiger partial charge is 0.166 e. The van der Waals surface area contributed by atoms with Gasteiger partial charge in [0.1, 0.15) is 0 Å². The van der Waals surface area contributed by atoms with Crippen molar-refractivity contribution in [3.8, 4) is 0 Å². The molecule has 0 heterocycles. The van der Waals surface area contributed by atoms with Crippen molar-refractivity contribution in [3.05, 3.63) is 59.7 Å². The quantitative estimate of drug-likeness (QED) is 0.449. The molecule has 106 valence electrons. The normalized spacial score (nSPS) is 12.0. The van der Waals surface area contributed by atoms with E-state index >= 15 is 0 Å². The van der Waals surface area contributed by atoms with Crippen LogP contribution in [0.15, 0.2) is 36.4 Å². The second-order valence-corrected chi connectivity index (χ2v) is 6.84. The Kier molecular flexibility index (Phi) is 5.51. The van der Waals surface area contributed by atoms with Crippen LogP contribution in [0.25, 0.3) is 0 Å². The highest BCUT2D eigenvalue weighted by Crippen LogP contribution is 2.20. The Balaban J connectivity index is 1.88. The Hall–Kier alpha value is -0.980. The molecule has 2 rings (SSSR count). The average molecular weight is 318 g/mol. The van der Waals surface area contributed by atoms with Crippen molar-refractivity contribution in [2.75, 3.05) is 12.3 Å². The molecule has 0 aromatic heterocycles. The van der Waals surface area contributed by atoms with E-state index in [-0.39, 0.29) is 17.2 Å². The maximum atomic E-state index is 13.4. The van der Waals surface area contributed by atoms with Gasteiger partial charge < -0.3 is 0 Å².